The molecule has 33 heavy (non-hydrogen) atoms. The summed E-state index contributed by atoms with van der Waals surface area (Å²) in [6, 6.07) is 20.8. The highest BCUT2D eigenvalue weighted by atomic mass is 32.2. The van der Waals surface area contributed by atoms with E-state index < -0.39 is 0 Å². The van der Waals surface area contributed by atoms with Crippen LogP contribution in [-0.2, 0) is 17.8 Å². The molecule has 2 amide bonds. The molecule has 0 saturated carbocycles. The zero-order chi connectivity index (χ0) is 23.0. The number of carbonyl (C=O) groups excluding carboxylic acids is 2. The van der Waals surface area contributed by atoms with Crippen molar-refractivity contribution in [3.63, 3.8) is 0 Å². The second kappa shape index (κ2) is 10.6. The molecule has 8 nitrogen and oxygen atoms in total. The quantitative estimate of drug-likeness (QED) is 0.306. The van der Waals surface area contributed by atoms with Crippen molar-refractivity contribution in [2.45, 2.75) is 25.0 Å². The highest BCUT2D eigenvalue weighted by Gasteiger charge is 2.18. The number of rotatable bonds is 8. The lowest BCUT2D eigenvalue weighted by Crippen LogP contribution is -2.42. The Morgan fingerprint density at radius 3 is 2.42 bits per heavy atom. The van der Waals surface area contributed by atoms with Crippen LogP contribution in [0.4, 0.5) is 0 Å². The van der Waals surface area contributed by atoms with Crippen molar-refractivity contribution in [1.29, 1.82) is 0 Å². The molecular formula is C24H23N5O3S. The normalized spacial score (nSPS) is 10.7. The van der Waals surface area contributed by atoms with Gasteiger partial charge in [0, 0.05) is 5.56 Å². The Balaban J connectivity index is 1.39. The van der Waals surface area contributed by atoms with Gasteiger partial charge in [0.2, 0.25) is 11.7 Å². The first kappa shape index (κ1) is 22.3. The standard InChI is InChI=1S/C24H23N5O3S/c1-2-17-10-12-19(13-11-17)23(31)27-25-21(30)16-33-24-28-26-22(20-9-6-14-32-20)29(24)15-18-7-4-3-5-8-18/h3-14H,2,15-16H2,1H3,(H,25,30)(H,27,31). The number of aromatic nitrogens is 3. The number of nitrogens with zero attached hydrogens (tertiary/aromatic N) is 3. The van der Waals surface area contributed by atoms with Crippen molar-refractivity contribution in [3.8, 4) is 11.6 Å². The van der Waals surface area contributed by atoms with E-state index in [1.807, 2.05) is 60.0 Å². The van der Waals surface area contributed by atoms with Crippen LogP contribution in [0.15, 0.2) is 82.6 Å². The maximum absolute atomic E-state index is 12.3. The van der Waals surface area contributed by atoms with Gasteiger partial charge < -0.3 is 4.42 Å². The van der Waals surface area contributed by atoms with Crippen molar-refractivity contribution in [2.24, 2.45) is 0 Å². The number of carbonyl (C=O) groups is 2. The van der Waals surface area contributed by atoms with Crippen molar-refractivity contribution < 1.29 is 14.0 Å². The molecule has 0 bridgehead atoms. The Hall–Kier alpha value is -3.85. The Bertz CT molecular complexity index is 1200. The number of hydrogen-bond donors (Lipinski definition) is 2. The number of hydrazine groups is 1. The molecule has 0 aliphatic rings. The van der Waals surface area contributed by atoms with Gasteiger partial charge in [-0.3, -0.25) is 25.0 Å². The largest absolute Gasteiger partial charge is 0.461 e. The first-order valence-electron chi connectivity index (χ1n) is 10.5. The van der Waals surface area contributed by atoms with Gasteiger partial charge in [0.05, 0.1) is 18.6 Å². The van der Waals surface area contributed by atoms with E-state index in [4.69, 9.17) is 4.42 Å². The van der Waals surface area contributed by atoms with Gasteiger partial charge in [-0.05, 0) is 41.8 Å². The molecule has 0 spiro atoms. The summed E-state index contributed by atoms with van der Waals surface area (Å²) >= 11 is 1.23. The number of amides is 2. The minimum absolute atomic E-state index is 0.0557. The van der Waals surface area contributed by atoms with Crippen LogP contribution in [0.25, 0.3) is 11.6 Å². The van der Waals surface area contributed by atoms with Crippen molar-refractivity contribution in [2.75, 3.05) is 5.75 Å². The highest BCUT2D eigenvalue weighted by Crippen LogP contribution is 2.25. The minimum atomic E-state index is -0.372. The third kappa shape index (κ3) is 5.69. The molecule has 4 rings (SSSR count). The van der Waals surface area contributed by atoms with Crippen LogP contribution < -0.4 is 10.9 Å². The predicted octanol–water partition coefficient (Wildman–Crippen LogP) is 3.70. The van der Waals surface area contributed by atoms with Crippen molar-refractivity contribution in [1.82, 2.24) is 25.6 Å². The molecule has 0 fully saturated rings. The van der Waals surface area contributed by atoms with Crippen LogP contribution in [0.1, 0.15) is 28.4 Å². The topological polar surface area (TPSA) is 102 Å². The number of hydrogen-bond acceptors (Lipinski definition) is 6. The molecule has 0 aliphatic heterocycles. The van der Waals surface area contributed by atoms with E-state index in [1.165, 1.54) is 11.8 Å². The summed E-state index contributed by atoms with van der Waals surface area (Å²) in [5.41, 5.74) is 7.58. The highest BCUT2D eigenvalue weighted by molar-refractivity contribution is 7.99. The number of thioether (sulfide) groups is 1. The van der Waals surface area contributed by atoms with Crippen LogP contribution >= 0.6 is 11.8 Å². The lowest BCUT2D eigenvalue weighted by molar-refractivity contribution is -0.119. The molecule has 168 valence electrons. The minimum Gasteiger partial charge on any atom is -0.461 e. The van der Waals surface area contributed by atoms with Gasteiger partial charge in [0.25, 0.3) is 5.91 Å². The maximum Gasteiger partial charge on any atom is 0.269 e. The summed E-state index contributed by atoms with van der Waals surface area (Å²) in [7, 11) is 0. The monoisotopic (exact) mass is 461 g/mol. The molecule has 2 N–H and O–H groups in total. The van der Waals surface area contributed by atoms with E-state index in [1.54, 1.807) is 24.5 Å². The first-order chi connectivity index (χ1) is 16.1. The van der Waals surface area contributed by atoms with Crippen molar-refractivity contribution in [3.05, 3.63) is 89.7 Å². The summed E-state index contributed by atoms with van der Waals surface area (Å²) in [5.74, 6) is 0.502. The summed E-state index contributed by atoms with van der Waals surface area (Å²) in [5, 5.41) is 9.08. The van der Waals surface area contributed by atoms with Gasteiger partial charge in [0.15, 0.2) is 10.9 Å². The Morgan fingerprint density at radius 1 is 0.939 bits per heavy atom. The molecule has 0 radical (unpaired) electrons. The van der Waals surface area contributed by atoms with E-state index in [0.717, 1.165) is 17.5 Å². The zero-order valence-corrected chi connectivity index (χ0v) is 18.8. The van der Waals surface area contributed by atoms with E-state index >= 15 is 0 Å². The van der Waals surface area contributed by atoms with Gasteiger partial charge in [-0.1, -0.05) is 61.2 Å². The Morgan fingerprint density at radius 2 is 1.73 bits per heavy atom. The summed E-state index contributed by atoms with van der Waals surface area (Å²) < 4.78 is 7.40. The number of benzene rings is 2. The van der Waals surface area contributed by atoms with Crippen LogP contribution in [0.3, 0.4) is 0 Å². The molecule has 4 aromatic rings. The Kier molecular flexibility index (Phi) is 7.21. The van der Waals surface area contributed by atoms with E-state index in [0.29, 0.717) is 28.8 Å². The fourth-order valence-electron chi connectivity index (χ4n) is 3.15. The SMILES string of the molecule is CCc1ccc(C(=O)NNC(=O)CSc2nnc(-c3ccco3)n2Cc2ccccc2)cc1. The molecule has 0 atom stereocenters. The molecular weight excluding hydrogens is 438 g/mol. The summed E-state index contributed by atoms with van der Waals surface area (Å²) in [6.07, 6.45) is 2.47. The van der Waals surface area contributed by atoms with Crippen LogP contribution in [-0.4, -0.2) is 32.3 Å². The molecule has 0 unspecified atom stereocenters. The van der Waals surface area contributed by atoms with Gasteiger partial charge in [-0.25, -0.2) is 0 Å². The van der Waals surface area contributed by atoms with Crippen LogP contribution in [0.2, 0.25) is 0 Å². The van der Waals surface area contributed by atoms with Gasteiger partial charge in [-0.2, -0.15) is 0 Å². The molecule has 2 aromatic heterocycles. The lowest BCUT2D eigenvalue weighted by atomic mass is 10.1. The average molecular weight is 462 g/mol. The van der Waals surface area contributed by atoms with Gasteiger partial charge in [0.1, 0.15) is 0 Å². The second-order valence-electron chi connectivity index (χ2n) is 7.20. The lowest BCUT2D eigenvalue weighted by Gasteiger charge is -2.10. The summed E-state index contributed by atoms with van der Waals surface area (Å²) in [4.78, 5) is 24.6. The van der Waals surface area contributed by atoms with Gasteiger partial charge in [-0.15, -0.1) is 10.2 Å². The second-order valence-corrected chi connectivity index (χ2v) is 8.14. The predicted molar refractivity (Wildman–Crippen MR) is 125 cm³/mol. The van der Waals surface area contributed by atoms with Crippen LogP contribution in [0, 0.1) is 0 Å². The number of furan rings is 1. The fraction of sp³-hybridized carbons (Fsp3) is 0.167. The first-order valence-corrected chi connectivity index (χ1v) is 11.4. The molecule has 2 aromatic carbocycles. The third-order valence-electron chi connectivity index (χ3n) is 4.91. The smallest absolute Gasteiger partial charge is 0.269 e. The molecule has 0 saturated heterocycles. The van der Waals surface area contributed by atoms with E-state index in [9.17, 15) is 9.59 Å². The Labute approximate surface area is 195 Å². The number of nitrogens with one attached hydrogen (secondary N) is 2. The number of aryl methyl sites for hydroxylation is 1. The van der Waals surface area contributed by atoms with E-state index in [-0.39, 0.29) is 17.6 Å². The molecule has 2 heterocycles. The molecule has 0 aliphatic carbocycles. The molecule has 9 heteroatoms. The fourth-order valence-corrected chi connectivity index (χ4v) is 3.89. The zero-order valence-electron chi connectivity index (χ0n) is 18.0. The van der Waals surface area contributed by atoms with Crippen LogP contribution in [0.5, 0.6) is 0 Å². The summed E-state index contributed by atoms with van der Waals surface area (Å²) in [6.45, 7) is 2.57. The maximum atomic E-state index is 12.3. The average Bonchev–Trinajstić information content (AvgIpc) is 3.52. The third-order valence-corrected chi connectivity index (χ3v) is 5.88. The van der Waals surface area contributed by atoms with E-state index in [2.05, 4.69) is 21.0 Å². The van der Waals surface area contributed by atoms with Gasteiger partial charge >= 0.3 is 0 Å². The van der Waals surface area contributed by atoms with Crippen molar-refractivity contribution >= 4 is 23.6 Å².